The molecule has 0 aliphatic heterocycles. The second kappa shape index (κ2) is 16.6. The van der Waals surface area contributed by atoms with Crippen molar-refractivity contribution in [1.82, 2.24) is 0 Å². The van der Waals surface area contributed by atoms with Gasteiger partial charge in [-0.25, -0.2) is 0 Å². The molecule has 0 aliphatic rings. The summed E-state index contributed by atoms with van der Waals surface area (Å²) in [5.74, 6) is -2.88. The second-order valence-corrected chi connectivity index (χ2v) is 7.75. The van der Waals surface area contributed by atoms with Crippen LogP contribution in [0.25, 0.3) is 0 Å². The van der Waals surface area contributed by atoms with Gasteiger partial charge < -0.3 is 18.9 Å². The molecule has 0 heterocycles. The van der Waals surface area contributed by atoms with Crippen LogP contribution in [0.4, 0.5) is 0 Å². The smallest absolute Gasteiger partial charge is 0.325 e. The topological polar surface area (TPSA) is 72.5 Å². The third-order valence-corrected chi connectivity index (χ3v) is 4.89. The lowest BCUT2D eigenvalue weighted by Crippen LogP contribution is -2.37. The predicted molar refractivity (Wildman–Crippen MR) is 110 cm³/mol. The van der Waals surface area contributed by atoms with Gasteiger partial charge in [0.05, 0.1) is 26.4 Å². The first kappa shape index (κ1) is 27.9. The van der Waals surface area contributed by atoms with Gasteiger partial charge in [-0.3, -0.25) is 0 Å². The van der Waals surface area contributed by atoms with E-state index < -0.39 is 20.2 Å². The lowest BCUT2D eigenvalue weighted by Gasteiger charge is -2.26. The van der Waals surface area contributed by atoms with Gasteiger partial charge in [0.2, 0.25) is 0 Å². The first-order chi connectivity index (χ1) is 13.3. The Hall–Kier alpha value is -0.140. The Morgan fingerprint density at radius 3 is 1.04 bits per heavy atom. The zero-order chi connectivity index (χ0) is 21.3. The normalized spacial score (nSPS) is 12.5. The predicted octanol–water partition coefficient (Wildman–Crippen LogP) is 6.29. The van der Waals surface area contributed by atoms with Gasteiger partial charge in [0.1, 0.15) is 0 Å². The standard InChI is InChI=1S/C20H42O7P/c1-7-11-15-22-19(5,23-16-12-8-2)26-28(21)27-20(6,24-17-13-9-3)25-18-14-10-4/h7-18H2,1-6H3/q+1. The molecule has 28 heavy (non-hydrogen) atoms. The molecule has 168 valence electrons. The van der Waals surface area contributed by atoms with Gasteiger partial charge in [0, 0.05) is 18.4 Å². The molecular formula is C20H42O7P+. The molecule has 0 saturated heterocycles. The fourth-order valence-corrected chi connectivity index (χ4v) is 2.88. The number of ether oxygens (including phenoxy) is 4. The molecule has 0 aromatic heterocycles. The van der Waals surface area contributed by atoms with Crippen LogP contribution in [0, 0.1) is 0 Å². The molecule has 8 heteroatoms. The summed E-state index contributed by atoms with van der Waals surface area (Å²) in [7, 11) is -2.59. The minimum Gasteiger partial charge on any atom is -0.325 e. The summed E-state index contributed by atoms with van der Waals surface area (Å²) < 4.78 is 46.5. The van der Waals surface area contributed by atoms with Crippen LogP contribution in [0.15, 0.2) is 0 Å². The van der Waals surface area contributed by atoms with Crippen molar-refractivity contribution in [3.63, 3.8) is 0 Å². The van der Waals surface area contributed by atoms with Crippen molar-refractivity contribution in [2.45, 2.75) is 105 Å². The van der Waals surface area contributed by atoms with Crippen LogP contribution in [0.1, 0.15) is 92.9 Å². The highest BCUT2D eigenvalue weighted by atomic mass is 31.1. The van der Waals surface area contributed by atoms with Crippen LogP contribution in [0.2, 0.25) is 0 Å². The number of hydrogen-bond acceptors (Lipinski definition) is 7. The minimum absolute atomic E-state index is 0.444. The average molecular weight is 426 g/mol. The third kappa shape index (κ3) is 13.9. The molecule has 0 unspecified atom stereocenters. The maximum Gasteiger partial charge on any atom is 0.708 e. The zero-order valence-electron chi connectivity index (χ0n) is 18.8. The first-order valence-electron chi connectivity index (χ1n) is 10.8. The highest BCUT2D eigenvalue weighted by Gasteiger charge is 2.47. The van der Waals surface area contributed by atoms with Crippen molar-refractivity contribution in [2.75, 3.05) is 26.4 Å². The largest absolute Gasteiger partial charge is 0.708 e. The molecule has 0 radical (unpaired) electrons. The number of hydrogen-bond donors (Lipinski definition) is 0. The number of rotatable bonds is 20. The molecule has 0 N–H and O–H groups in total. The molecule has 0 atom stereocenters. The van der Waals surface area contributed by atoms with Gasteiger partial charge in [-0.2, -0.15) is 0 Å². The van der Waals surface area contributed by atoms with E-state index in [9.17, 15) is 4.57 Å². The van der Waals surface area contributed by atoms with Crippen LogP contribution in [0.3, 0.4) is 0 Å². The summed E-state index contributed by atoms with van der Waals surface area (Å²) in [6.45, 7) is 13.3. The Balaban J connectivity index is 4.88. The lowest BCUT2D eigenvalue weighted by atomic mass is 10.3. The van der Waals surface area contributed by atoms with Crippen molar-refractivity contribution in [2.24, 2.45) is 0 Å². The van der Waals surface area contributed by atoms with E-state index in [4.69, 9.17) is 28.0 Å². The van der Waals surface area contributed by atoms with E-state index in [0.717, 1.165) is 51.4 Å². The number of unbranched alkanes of at least 4 members (excludes halogenated alkanes) is 4. The summed E-state index contributed by atoms with van der Waals surface area (Å²) in [5, 5.41) is 0. The summed E-state index contributed by atoms with van der Waals surface area (Å²) in [6, 6.07) is 0. The van der Waals surface area contributed by atoms with Crippen molar-refractivity contribution >= 4 is 8.25 Å². The molecular weight excluding hydrogens is 383 g/mol. The summed E-state index contributed by atoms with van der Waals surface area (Å²) in [6.07, 6.45) is 7.31. The molecule has 0 bridgehead atoms. The second-order valence-electron chi connectivity index (χ2n) is 6.94. The maximum atomic E-state index is 12.6. The molecule has 0 amide bonds. The highest BCUT2D eigenvalue weighted by Crippen LogP contribution is 2.38. The van der Waals surface area contributed by atoms with Crippen LogP contribution in [-0.4, -0.2) is 38.4 Å². The summed E-state index contributed by atoms with van der Waals surface area (Å²) in [4.78, 5) is 0. The fourth-order valence-electron chi connectivity index (χ4n) is 2.09. The molecule has 0 aliphatic carbocycles. The van der Waals surface area contributed by atoms with Gasteiger partial charge in [0.15, 0.2) is 0 Å². The van der Waals surface area contributed by atoms with Gasteiger partial charge >= 0.3 is 20.2 Å². The van der Waals surface area contributed by atoms with E-state index in [0.29, 0.717) is 26.4 Å². The van der Waals surface area contributed by atoms with Crippen LogP contribution in [0.5, 0.6) is 0 Å². The van der Waals surface area contributed by atoms with Crippen LogP contribution >= 0.6 is 8.25 Å². The van der Waals surface area contributed by atoms with E-state index in [-0.39, 0.29) is 0 Å². The van der Waals surface area contributed by atoms with Crippen LogP contribution in [-0.2, 0) is 32.6 Å². The summed E-state index contributed by atoms with van der Waals surface area (Å²) in [5.41, 5.74) is 0. The van der Waals surface area contributed by atoms with Crippen molar-refractivity contribution < 1.29 is 32.6 Å². The molecule has 0 aromatic rings. The monoisotopic (exact) mass is 425 g/mol. The molecule has 0 spiro atoms. The Bertz CT molecular complexity index is 339. The summed E-state index contributed by atoms with van der Waals surface area (Å²) >= 11 is 0. The third-order valence-electron chi connectivity index (χ3n) is 3.93. The lowest BCUT2D eigenvalue weighted by molar-refractivity contribution is -0.354. The minimum atomic E-state index is -2.59. The Morgan fingerprint density at radius 2 is 0.821 bits per heavy atom. The molecule has 0 rings (SSSR count). The zero-order valence-corrected chi connectivity index (χ0v) is 19.7. The maximum absolute atomic E-state index is 12.6. The van der Waals surface area contributed by atoms with Crippen molar-refractivity contribution in [3.8, 4) is 0 Å². The van der Waals surface area contributed by atoms with Crippen molar-refractivity contribution in [1.29, 1.82) is 0 Å². The molecule has 0 saturated carbocycles. The van der Waals surface area contributed by atoms with Gasteiger partial charge in [-0.15, -0.1) is 0 Å². The van der Waals surface area contributed by atoms with Crippen LogP contribution < -0.4 is 0 Å². The van der Waals surface area contributed by atoms with Gasteiger partial charge in [-0.05, 0) is 25.7 Å². The molecule has 7 nitrogen and oxygen atoms in total. The van der Waals surface area contributed by atoms with Gasteiger partial charge in [-0.1, -0.05) is 62.4 Å². The Kier molecular flexibility index (Phi) is 16.6. The Morgan fingerprint density at radius 1 is 0.571 bits per heavy atom. The van der Waals surface area contributed by atoms with E-state index in [1.807, 2.05) is 0 Å². The molecule has 0 fully saturated rings. The average Bonchev–Trinajstić information content (AvgIpc) is 2.62. The molecule has 0 aromatic carbocycles. The first-order valence-corrected chi connectivity index (χ1v) is 11.9. The van der Waals surface area contributed by atoms with E-state index >= 15 is 0 Å². The van der Waals surface area contributed by atoms with Gasteiger partial charge in [0.25, 0.3) is 0 Å². The Labute approximate surface area is 172 Å². The van der Waals surface area contributed by atoms with Crippen molar-refractivity contribution in [3.05, 3.63) is 0 Å². The van der Waals surface area contributed by atoms with E-state index in [1.54, 1.807) is 13.8 Å². The van der Waals surface area contributed by atoms with E-state index in [1.165, 1.54) is 0 Å². The highest BCUT2D eigenvalue weighted by molar-refractivity contribution is 7.33. The SMILES string of the molecule is CCCCOC(C)(OCCCC)O[P+](=O)OC(C)(OCCCC)OCCCC. The fraction of sp³-hybridized carbons (Fsp3) is 1.00. The quantitative estimate of drug-likeness (QED) is 0.129. The van der Waals surface area contributed by atoms with E-state index in [2.05, 4.69) is 27.7 Å².